The van der Waals surface area contributed by atoms with E-state index in [9.17, 15) is 9.59 Å². The van der Waals surface area contributed by atoms with Gasteiger partial charge in [-0.2, -0.15) is 0 Å². The molecule has 9 heteroatoms. The van der Waals surface area contributed by atoms with E-state index in [0.717, 1.165) is 10.6 Å². The highest BCUT2D eigenvalue weighted by molar-refractivity contribution is 7.13. The Morgan fingerprint density at radius 3 is 2.26 bits per heavy atom. The summed E-state index contributed by atoms with van der Waals surface area (Å²) in [6, 6.07) is 13.5. The number of hydrogen-bond acceptors (Lipinski definition) is 6. The molecule has 1 aromatic carbocycles. The number of amides is 2. The third-order valence-corrected chi connectivity index (χ3v) is 5.63. The molecule has 1 aliphatic heterocycles. The quantitative estimate of drug-likeness (QED) is 0.622. The molecule has 0 spiro atoms. The number of para-hydroxylation sites is 1. The number of aromatic nitrogens is 3. The van der Waals surface area contributed by atoms with Crippen LogP contribution in [0.5, 0.6) is 0 Å². The third-order valence-electron chi connectivity index (χ3n) is 4.76. The van der Waals surface area contributed by atoms with Gasteiger partial charge in [0.15, 0.2) is 5.82 Å². The van der Waals surface area contributed by atoms with Gasteiger partial charge in [0.2, 0.25) is 5.82 Å². The van der Waals surface area contributed by atoms with Gasteiger partial charge in [-0.05, 0) is 44.4 Å². The SMILES string of the molecule is CC(C)(C)OC(=O)N1CCN(C(=O)c2nc(-c3cccs3)n(-c3ccccc3)n2)CC1. The second kappa shape index (κ2) is 8.50. The lowest BCUT2D eigenvalue weighted by Gasteiger charge is -2.35. The highest BCUT2D eigenvalue weighted by Gasteiger charge is 2.30. The summed E-state index contributed by atoms with van der Waals surface area (Å²) < 4.78 is 7.13. The number of nitrogens with zero attached hydrogens (tertiary/aromatic N) is 5. The van der Waals surface area contributed by atoms with Gasteiger partial charge in [0.05, 0.1) is 10.6 Å². The van der Waals surface area contributed by atoms with Crippen LogP contribution < -0.4 is 0 Å². The third kappa shape index (κ3) is 4.77. The molecule has 0 saturated carbocycles. The van der Waals surface area contributed by atoms with E-state index in [4.69, 9.17) is 4.74 Å². The monoisotopic (exact) mass is 439 g/mol. The first-order chi connectivity index (χ1) is 14.8. The molecule has 3 aromatic rings. The molecule has 2 amide bonds. The van der Waals surface area contributed by atoms with Crippen LogP contribution in [0.4, 0.5) is 4.79 Å². The van der Waals surface area contributed by atoms with E-state index in [1.165, 1.54) is 0 Å². The minimum absolute atomic E-state index is 0.151. The molecular weight excluding hydrogens is 414 g/mol. The average molecular weight is 440 g/mol. The summed E-state index contributed by atoms with van der Waals surface area (Å²) in [4.78, 5) is 34.2. The molecule has 1 aliphatic rings. The van der Waals surface area contributed by atoms with Crippen molar-refractivity contribution in [3.05, 3.63) is 53.7 Å². The van der Waals surface area contributed by atoms with Crippen LogP contribution in [0.2, 0.25) is 0 Å². The number of rotatable bonds is 3. The first-order valence-corrected chi connectivity index (χ1v) is 11.0. The first-order valence-electron chi connectivity index (χ1n) is 10.2. The van der Waals surface area contributed by atoms with Crippen molar-refractivity contribution < 1.29 is 14.3 Å². The second-order valence-corrected chi connectivity index (χ2v) is 9.19. The molecule has 8 nitrogen and oxygen atoms in total. The lowest BCUT2D eigenvalue weighted by molar-refractivity contribution is 0.0139. The van der Waals surface area contributed by atoms with Crippen molar-refractivity contribution in [2.24, 2.45) is 0 Å². The summed E-state index contributed by atoms with van der Waals surface area (Å²) in [5.41, 5.74) is 0.295. The van der Waals surface area contributed by atoms with Crippen molar-refractivity contribution in [2.75, 3.05) is 26.2 Å². The minimum Gasteiger partial charge on any atom is -0.444 e. The van der Waals surface area contributed by atoms with Gasteiger partial charge >= 0.3 is 6.09 Å². The summed E-state index contributed by atoms with van der Waals surface area (Å²) in [5.74, 6) is 0.547. The first kappa shape index (κ1) is 21.0. The fourth-order valence-corrected chi connectivity index (χ4v) is 3.98. The molecule has 0 aliphatic carbocycles. The highest BCUT2D eigenvalue weighted by Crippen LogP contribution is 2.26. The Balaban J connectivity index is 1.52. The molecular formula is C22H25N5O3S. The van der Waals surface area contributed by atoms with E-state index in [2.05, 4.69) is 10.1 Å². The Morgan fingerprint density at radius 2 is 1.65 bits per heavy atom. The Hall–Kier alpha value is -3.20. The van der Waals surface area contributed by atoms with Gasteiger partial charge in [0.1, 0.15) is 5.60 Å². The summed E-state index contributed by atoms with van der Waals surface area (Å²) in [5, 5.41) is 6.50. The number of carbonyl (C=O) groups is 2. The molecule has 0 radical (unpaired) electrons. The van der Waals surface area contributed by atoms with Crippen LogP contribution >= 0.6 is 11.3 Å². The maximum atomic E-state index is 13.1. The van der Waals surface area contributed by atoms with Gasteiger partial charge in [-0.15, -0.1) is 16.4 Å². The summed E-state index contributed by atoms with van der Waals surface area (Å²) in [7, 11) is 0. The number of ether oxygens (including phenoxy) is 1. The van der Waals surface area contributed by atoms with Crippen molar-refractivity contribution in [1.82, 2.24) is 24.6 Å². The van der Waals surface area contributed by atoms with Crippen molar-refractivity contribution in [2.45, 2.75) is 26.4 Å². The lowest BCUT2D eigenvalue weighted by Crippen LogP contribution is -2.51. The fraction of sp³-hybridized carbons (Fsp3) is 0.364. The molecule has 1 saturated heterocycles. The number of benzene rings is 1. The van der Waals surface area contributed by atoms with Crippen LogP contribution in [0.15, 0.2) is 47.8 Å². The van der Waals surface area contributed by atoms with Gasteiger partial charge in [0, 0.05) is 26.2 Å². The van der Waals surface area contributed by atoms with Crippen molar-refractivity contribution in [3.63, 3.8) is 0 Å². The minimum atomic E-state index is -0.545. The molecule has 2 aromatic heterocycles. The molecule has 0 atom stereocenters. The predicted octanol–water partition coefficient (Wildman–Crippen LogP) is 3.69. The van der Waals surface area contributed by atoms with Crippen molar-refractivity contribution in [1.29, 1.82) is 0 Å². The van der Waals surface area contributed by atoms with Crippen LogP contribution in [0.3, 0.4) is 0 Å². The van der Waals surface area contributed by atoms with E-state index in [-0.39, 0.29) is 17.8 Å². The Kier molecular flexibility index (Phi) is 5.77. The van der Waals surface area contributed by atoms with Gasteiger partial charge in [-0.3, -0.25) is 4.79 Å². The van der Waals surface area contributed by atoms with Gasteiger partial charge in [0.25, 0.3) is 5.91 Å². The maximum absolute atomic E-state index is 13.1. The zero-order chi connectivity index (χ0) is 22.0. The van der Waals surface area contributed by atoms with Crippen LogP contribution in [0, 0.1) is 0 Å². The van der Waals surface area contributed by atoms with E-state index >= 15 is 0 Å². The average Bonchev–Trinajstić information content (AvgIpc) is 3.42. The summed E-state index contributed by atoms with van der Waals surface area (Å²) in [6.45, 7) is 7.16. The van der Waals surface area contributed by atoms with Crippen LogP contribution in [-0.4, -0.2) is 68.3 Å². The fourth-order valence-electron chi connectivity index (χ4n) is 3.28. The highest BCUT2D eigenvalue weighted by atomic mass is 32.1. The largest absolute Gasteiger partial charge is 0.444 e. The van der Waals surface area contributed by atoms with Crippen molar-refractivity contribution in [3.8, 4) is 16.4 Å². The Bertz CT molecular complexity index is 1050. The van der Waals surface area contributed by atoms with Crippen molar-refractivity contribution >= 4 is 23.3 Å². The number of thiophene rings is 1. The van der Waals surface area contributed by atoms with Gasteiger partial charge < -0.3 is 14.5 Å². The normalized spacial score (nSPS) is 14.5. The number of piperazine rings is 1. The topological polar surface area (TPSA) is 80.6 Å². The molecule has 0 bridgehead atoms. The standard InChI is InChI=1S/C22H25N5O3S/c1-22(2,3)30-21(29)26-13-11-25(12-14-26)20(28)18-23-19(17-10-7-15-31-17)27(24-18)16-8-5-4-6-9-16/h4-10,15H,11-14H2,1-3H3. The number of hydrogen-bond donors (Lipinski definition) is 0. The van der Waals surface area contributed by atoms with Crippen LogP contribution in [0.25, 0.3) is 16.4 Å². The van der Waals surface area contributed by atoms with Crippen LogP contribution in [-0.2, 0) is 4.74 Å². The van der Waals surface area contributed by atoms with E-state index in [0.29, 0.717) is 32.0 Å². The Labute approximate surface area is 185 Å². The van der Waals surface area contributed by atoms with Gasteiger partial charge in [-0.25, -0.2) is 14.5 Å². The smallest absolute Gasteiger partial charge is 0.410 e. The Morgan fingerprint density at radius 1 is 0.968 bits per heavy atom. The van der Waals surface area contributed by atoms with E-state index < -0.39 is 5.60 Å². The summed E-state index contributed by atoms with van der Waals surface area (Å²) >= 11 is 1.55. The molecule has 4 rings (SSSR count). The zero-order valence-corrected chi connectivity index (χ0v) is 18.6. The van der Waals surface area contributed by atoms with E-state index in [1.54, 1.807) is 25.8 Å². The molecule has 162 valence electrons. The molecule has 0 N–H and O–H groups in total. The molecule has 3 heterocycles. The summed E-state index contributed by atoms with van der Waals surface area (Å²) in [6.07, 6.45) is -0.355. The molecule has 31 heavy (non-hydrogen) atoms. The van der Waals surface area contributed by atoms with Crippen LogP contribution in [0.1, 0.15) is 31.4 Å². The zero-order valence-electron chi connectivity index (χ0n) is 17.8. The predicted molar refractivity (Wildman–Crippen MR) is 118 cm³/mol. The second-order valence-electron chi connectivity index (χ2n) is 8.24. The molecule has 1 fully saturated rings. The number of carbonyl (C=O) groups excluding carboxylic acids is 2. The molecule has 0 unspecified atom stereocenters. The lowest BCUT2D eigenvalue weighted by atomic mass is 10.2. The van der Waals surface area contributed by atoms with Gasteiger partial charge in [-0.1, -0.05) is 24.3 Å². The van der Waals surface area contributed by atoms with E-state index in [1.807, 2.05) is 68.6 Å². The maximum Gasteiger partial charge on any atom is 0.410 e.